The molecule has 1 aromatic carbocycles. The van der Waals surface area contributed by atoms with Gasteiger partial charge in [-0.05, 0) is 63.5 Å². The summed E-state index contributed by atoms with van der Waals surface area (Å²) < 4.78 is 6.61. The van der Waals surface area contributed by atoms with Gasteiger partial charge in [-0.3, -0.25) is 4.79 Å². The predicted octanol–water partition coefficient (Wildman–Crippen LogP) is 6.06. The van der Waals surface area contributed by atoms with Crippen LogP contribution in [0.5, 0.6) is 0 Å². The molecule has 1 aromatic heterocycles. The molecule has 3 heterocycles. The minimum atomic E-state index is -0.180. The van der Waals surface area contributed by atoms with Gasteiger partial charge in [0.25, 0.3) is 5.56 Å². The third-order valence-electron chi connectivity index (χ3n) is 6.48. The van der Waals surface area contributed by atoms with Crippen LogP contribution in [0.3, 0.4) is 0 Å². The molecule has 6 nitrogen and oxygen atoms in total. The Morgan fingerprint density at radius 2 is 1.76 bits per heavy atom. The highest BCUT2D eigenvalue weighted by atomic mass is 35.5. The number of anilines is 2. The van der Waals surface area contributed by atoms with Crippen LogP contribution in [-0.2, 0) is 11.2 Å². The second-order valence-electron chi connectivity index (χ2n) is 9.08. The minimum absolute atomic E-state index is 0.180. The normalized spacial score (nSPS) is 20.2. The Hall–Kier alpha value is -2.05. The molecule has 2 aromatic rings. The smallest absolute Gasteiger partial charge is 0.287 e. The van der Waals surface area contributed by atoms with Gasteiger partial charge >= 0.3 is 0 Å². The van der Waals surface area contributed by atoms with E-state index in [0.29, 0.717) is 11.7 Å². The monoisotopic (exact) mass is 474 g/mol. The van der Waals surface area contributed by atoms with Gasteiger partial charge in [-0.15, -0.1) is 0 Å². The Morgan fingerprint density at radius 1 is 1.06 bits per heavy atom. The summed E-state index contributed by atoms with van der Waals surface area (Å²) in [5, 5.41) is 10.7. The number of hydrogen-bond acceptors (Lipinski definition) is 5. The molecule has 0 amide bonds. The fraction of sp³-hybridized carbons (Fsp3) is 0.615. The summed E-state index contributed by atoms with van der Waals surface area (Å²) in [6.45, 7) is 4.23. The van der Waals surface area contributed by atoms with Gasteiger partial charge in [0.15, 0.2) is 0 Å². The van der Waals surface area contributed by atoms with Gasteiger partial charge in [-0.2, -0.15) is 5.10 Å². The highest BCUT2D eigenvalue weighted by molar-refractivity contribution is 6.32. The maximum Gasteiger partial charge on any atom is 0.287 e. The molecule has 0 spiro atoms. The second kappa shape index (κ2) is 13.6. The van der Waals surface area contributed by atoms with Crippen LogP contribution in [0.2, 0.25) is 5.02 Å². The Morgan fingerprint density at radius 3 is 2.39 bits per heavy atom. The molecule has 33 heavy (non-hydrogen) atoms. The van der Waals surface area contributed by atoms with Crippen LogP contribution >= 0.6 is 11.6 Å². The third-order valence-corrected chi connectivity index (χ3v) is 6.84. The number of nitrogens with one attached hydrogen (secondary N) is 2. The number of hydrogen-bond donors (Lipinski definition) is 2. The number of para-hydroxylation sites is 1. The van der Waals surface area contributed by atoms with E-state index in [4.69, 9.17) is 16.3 Å². The van der Waals surface area contributed by atoms with E-state index in [-0.39, 0.29) is 16.6 Å². The SMILES string of the molecule is C1CCOCC1.CC1CCc2ccccc2N1.CNc1cnn(C2CCCCC2)c(=O)c1Cl. The van der Waals surface area contributed by atoms with E-state index in [9.17, 15) is 4.79 Å². The van der Waals surface area contributed by atoms with E-state index >= 15 is 0 Å². The second-order valence-corrected chi connectivity index (χ2v) is 9.46. The first kappa shape index (κ1) is 25.6. The van der Waals surface area contributed by atoms with Crippen molar-refractivity contribution in [1.29, 1.82) is 0 Å². The number of nitrogens with zero attached hydrogens (tertiary/aromatic N) is 2. The first-order valence-electron chi connectivity index (χ1n) is 12.5. The predicted molar refractivity (Wildman–Crippen MR) is 138 cm³/mol. The molecule has 1 saturated carbocycles. The lowest BCUT2D eigenvalue weighted by molar-refractivity contribution is 0.0968. The Balaban J connectivity index is 0.000000155. The van der Waals surface area contributed by atoms with Crippen molar-refractivity contribution in [3.8, 4) is 0 Å². The van der Waals surface area contributed by atoms with Crippen LogP contribution in [0.25, 0.3) is 0 Å². The van der Waals surface area contributed by atoms with Crippen LogP contribution in [-0.4, -0.2) is 36.1 Å². The van der Waals surface area contributed by atoms with Crippen molar-refractivity contribution in [2.24, 2.45) is 0 Å². The first-order valence-corrected chi connectivity index (χ1v) is 12.8. The molecule has 1 aliphatic carbocycles. The molecule has 0 bridgehead atoms. The minimum Gasteiger partial charge on any atom is -0.385 e. The summed E-state index contributed by atoms with van der Waals surface area (Å²) in [4.78, 5) is 12.0. The Kier molecular flexibility index (Phi) is 10.5. The maximum absolute atomic E-state index is 12.0. The van der Waals surface area contributed by atoms with Crippen molar-refractivity contribution in [2.45, 2.75) is 83.2 Å². The highest BCUT2D eigenvalue weighted by Gasteiger charge is 2.19. The van der Waals surface area contributed by atoms with Crippen molar-refractivity contribution in [3.63, 3.8) is 0 Å². The number of aryl methyl sites for hydroxylation is 1. The van der Waals surface area contributed by atoms with Crippen molar-refractivity contribution in [1.82, 2.24) is 9.78 Å². The quantitative estimate of drug-likeness (QED) is 0.553. The molecular formula is C26H39ClN4O2. The largest absolute Gasteiger partial charge is 0.385 e. The summed E-state index contributed by atoms with van der Waals surface area (Å²) >= 11 is 5.98. The average molecular weight is 475 g/mol. The molecular weight excluding hydrogens is 436 g/mol. The summed E-state index contributed by atoms with van der Waals surface area (Å²) in [6, 6.07) is 9.43. The van der Waals surface area contributed by atoms with Crippen LogP contribution < -0.4 is 16.2 Å². The fourth-order valence-electron chi connectivity index (χ4n) is 4.48. The Labute approximate surface area is 203 Å². The number of fused-ring (bicyclic) bond motifs is 1. The van der Waals surface area contributed by atoms with E-state index < -0.39 is 0 Å². The summed E-state index contributed by atoms with van der Waals surface area (Å²) in [7, 11) is 1.73. The summed E-state index contributed by atoms with van der Waals surface area (Å²) in [6.07, 6.45) is 13.7. The standard InChI is InChI=1S/C11H16ClN3O.C10H13N.C5H10O/c1-13-9-7-14-15(11(16)10(9)12)8-5-3-2-4-6-8;1-8-6-7-9-4-2-3-5-10(9)11-8;1-2-4-6-5-3-1/h7-8,13H,2-6H2,1H3;2-5,8,11H,6-7H2,1H3;1-5H2. The van der Waals surface area contributed by atoms with Crippen molar-refractivity contribution >= 4 is 23.0 Å². The number of ether oxygens (including phenoxy) is 1. The average Bonchev–Trinajstić information content (AvgIpc) is 2.88. The molecule has 0 radical (unpaired) electrons. The van der Waals surface area contributed by atoms with E-state index in [1.165, 1.54) is 62.6 Å². The Bertz CT molecular complexity index is 896. The topological polar surface area (TPSA) is 68.2 Å². The zero-order chi connectivity index (χ0) is 23.5. The van der Waals surface area contributed by atoms with E-state index in [2.05, 4.69) is 46.9 Å². The van der Waals surface area contributed by atoms with Crippen LogP contribution in [0.15, 0.2) is 35.3 Å². The zero-order valence-electron chi connectivity index (χ0n) is 20.1. The highest BCUT2D eigenvalue weighted by Crippen LogP contribution is 2.27. The molecule has 1 saturated heterocycles. The van der Waals surface area contributed by atoms with E-state index in [1.807, 2.05) is 0 Å². The number of halogens is 1. The van der Waals surface area contributed by atoms with Crippen molar-refractivity contribution in [3.05, 3.63) is 51.4 Å². The first-order chi connectivity index (χ1) is 16.1. The molecule has 182 valence electrons. The molecule has 3 aliphatic rings. The molecule has 2 fully saturated rings. The lowest BCUT2D eigenvalue weighted by atomic mass is 9.96. The van der Waals surface area contributed by atoms with Crippen LogP contribution in [0.1, 0.15) is 76.3 Å². The molecule has 5 rings (SSSR count). The maximum atomic E-state index is 12.0. The lowest BCUT2D eigenvalue weighted by Gasteiger charge is -2.23. The van der Waals surface area contributed by atoms with Crippen LogP contribution in [0, 0.1) is 0 Å². The van der Waals surface area contributed by atoms with Crippen molar-refractivity contribution in [2.75, 3.05) is 30.9 Å². The van der Waals surface area contributed by atoms with Gasteiger partial charge in [0.05, 0.1) is 17.9 Å². The van der Waals surface area contributed by atoms with Crippen LogP contribution in [0.4, 0.5) is 11.4 Å². The third kappa shape index (κ3) is 7.75. The lowest BCUT2D eigenvalue weighted by Crippen LogP contribution is -2.29. The summed E-state index contributed by atoms with van der Waals surface area (Å²) in [5.41, 5.74) is 3.20. The number of benzene rings is 1. The van der Waals surface area contributed by atoms with Gasteiger partial charge in [0.1, 0.15) is 5.02 Å². The number of rotatable bonds is 2. The van der Waals surface area contributed by atoms with Gasteiger partial charge in [-0.25, -0.2) is 4.68 Å². The van der Waals surface area contributed by atoms with Gasteiger partial charge in [0, 0.05) is 32.0 Å². The molecule has 2 aliphatic heterocycles. The van der Waals surface area contributed by atoms with Gasteiger partial charge in [-0.1, -0.05) is 49.1 Å². The van der Waals surface area contributed by atoms with Crippen molar-refractivity contribution < 1.29 is 4.74 Å². The van der Waals surface area contributed by atoms with E-state index in [1.54, 1.807) is 17.9 Å². The zero-order valence-corrected chi connectivity index (χ0v) is 20.9. The van der Waals surface area contributed by atoms with E-state index in [0.717, 1.165) is 26.1 Å². The van der Waals surface area contributed by atoms with Gasteiger partial charge in [0.2, 0.25) is 0 Å². The molecule has 1 atom stereocenters. The number of aromatic nitrogens is 2. The molecule has 2 N–H and O–H groups in total. The molecule has 1 unspecified atom stereocenters. The van der Waals surface area contributed by atoms with Gasteiger partial charge < -0.3 is 15.4 Å². The summed E-state index contributed by atoms with van der Waals surface area (Å²) in [5.74, 6) is 0. The molecule has 7 heteroatoms. The fourth-order valence-corrected chi connectivity index (χ4v) is 4.71.